The highest BCUT2D eigenvalue weighted by molar-refractivity contribution is 5.95. The van der Waals surface area contributed by atoms with E-state index in [-0.39, 0.29) is 23.8 Å². The van der Waals surface area contributed by atoms with Crippen LogP contribution in [0.15, 0.2) is 54.6 Å². The van der Waals surface area contributed by atoms with Crippen LogP contribution in [-0.4, -0.2) is 77.1 Å². The van der Waals surface area contributed by atoms with Crippen molar-refractivity contribution in [1.82, 2.24) is 4.90 Å². The van der Waals surface area contributed by atoms with Crippen LogP contribution >= 0.6 is 0 Å². The van der Waals surface area contributed by atoms with Crippen molar-refractivity contribution >= 4 is 23.9 Å². The fourth-order valence-electron chi connectivity index (χ4n) is 7.24. The number of aryl methyl sites for hydroxylation is 2. The van der Waals surface area contributed by atoms with Crippen LogP contribution in [0.2, 0.25) is 0 Å². The van der Waals surface area contributed by atoms with E-state index in [1.54, 1.807) is 24.3 Å². The molecule has 3 aromatic carbocycles. The summed E-state index contributed by atoms with van der Waals surface area (Å²) in [7, 11) is 0. The molecule has 1 unspecified atom stereocenters. The Labute approximate surface area is 278 Å². The molecule has 3 aliphatic rings. The van der Waals surface area contributed by atoms with Gasteiger partial charge in [-0.2, -0.15) is 0 Å². The molecule has 0 radical (unpaired) electrons. The molecule has 6 rings (SSSR count). The zero-order chi connectivity index (χ0) is 34.1. The van der Waals surface area contributed by atoms with Crippen molar-refractivity contribution in [2.75, 3.05) is 19.9 Å². The van der Waals surface area contributed by atoms with E-state index in [0.29, 0.717) is 12.0 Å². The monoisotopic (exact) mass is 657 g/mol. The summed E-state index contributed by atoms with van der Waals surface area (Å²) in [5.74, 6) is -3.38. The fourth-order valence-corrected chi connectivity index (χ4v) is 7.24. The quantitative estimate of drug-likeness (QED) is 0.286. The molecular weight excluding hydrogens is 618 g/mol. The molecule has 2 N–H and O–H groups in total. The Kier molecular flexibility index (Phi) is 9.41. The summed E-state index contributed by atoms with van der Waals surface area (Å²) in [6.07, 6.45) is -0.454. The highest BCUT2D eigenvalue weighted by Gasteiger charge is 2.42. The molecule has 2 aliphatic heterocycles. The Morgan fingerprint density at radius 1 is 0.875 bits per heavy atom. The Balaban J connectivity index is 1.16. The molecular formula is C37H39NO10. The van der Waals surface area contributed by atoms with Gasteiger partial charge in [0.1, 0.15) is 0 Å². The van der Waals surface area contributed by atoms with Gasteiger partial charge in [0.15, 0.2) is 11.5 Å². The number of esters is 2. The van der Waals surface area contributed by atoms with E-state index in [1.165, 1.54) is 29.3 Å². The van der Waals surface area contributed by atoms with Crippen molar-refractivity contribution in [2.45, 2.75) is 70.6 Å². The summed E-state index contributed by atoms with van der Waals surface area (Å²) >= 11 is 0. The topological polar surface area (TPSA) is 149 Å². The van der Waals surface area contributed by atoms with Gasteiger partial charge in [0.2, 0.25) is 19.0 Å². The number of rotatable bonds is 10. The lowest BCUT2D eigenvalue weighted by Crippen LogP contribution is -2.50. The van der Waals surface area contributed by atoms with E-state index in [0.717, 1.165) is 67.0 Å². The first-order chi connectivity index (χ1) is 23.0. The standard InChI is InChI=1S/C37H39NO10/c1-20-6-9-23(10-7-20)36(43)47-32(34(39)40)33(35(41)42)48-37(44)26-11-8-21(2)27(16-26)22(3)18-38-14-4-5-25-15-28-24(17-29(25)38)12-13-30-31(28)46-19-45-30/h6-13,16,22,25,29,32-33H,4-5,14-15,17-19H2,1-3H3,(H,39,40)(H,41,42)/t22?,25-,29-,32-,33-/m1/s1. The highest BCUT2D eigenvalue weighted by atomic mass is 16.7. The number of ether oxygens (including phenoxy) is 4. The first-order valence-corrected chi connectivity index (χ1v) is 16.2. The van der Waals surface area contributed by atoms with Gasteiger partial charge in [-0.15, -0.1) is 0 Å². The van der Waals surface area contributed by atoms with E-state index in [1.807, 2.05) is 19.9 Å². The molecule has 11 heteroatoms. The number of benzene rings is 3. The summed E-state index contributed by atoms with van der Waals surface area (Å²) in [5, 5.41) is 19.6. The van der Waals surface area contributed by atoms with Gasteiger partial charge in [0.05, 0.1) is 11.1 Å². The molecule has 0 bridgehead atoms. The zero-order valence-corrected chi connectivity index (χ0v) is 27.1. The van der Waals surface area contributed by atoms with Crippen LogP contribution in [0.5, 0.6) is 11.5 Å². The van der Waals surface area contributed by atoms with E-state index in [2.05, 4.69) is 17.9 Å². The first-order valence-electron chi connectivity index (χ1n) is 16.2. The Bertz CT molecular complexity index is 1730. The number of hydrogen-bond acceptors (Lipinski definition) is 9. The number of fused-ring (bicyclic) bond motifs is 4. The predicted molar refractivity (Wildman–Crippen MR) is 173 cm³/mol. The number of hydrogen-bond donors (Lipinski definition) is 2. The van der Waals surface area contributed by atoms with E-state index >= 15 is 0 Å². The molecule has 252 valence electrons. The third kappa shape index (κ3) is 6.73. The molecule has 0 aromatic heterocycles. The Morgan fingerprint density at radius 2 is 1.54 bits per heavy atom. The van der Waals surface area contributed by atoms with Crippen molar-refractivity contribution in [2.24, 2.45) is 5.92 Å². The van der Waals surface area contributed by atoms with Gasteiger partial charge in [-0.3, -0.25) is 4.90 Å². The molecule has 3 aromatic rings. The predicted octanol–water partition coefficient (Wildman–Crippen LogP) is 4.94. The van der Waals surface area contributed by atoms with Gasteiger partial charge in [-0.25, -0.2) is 19.2 Å². The number of piperidine rings is 1. The number of carboxylic acid groups (broad SMARTS) is 2. The number of carbonyl (C=O) groups is 4. The number of nitrogens with zero attached hydrogens (tertiary/aromatic N) is 1. The molecule has 0 amide bonds. The van der Waals surface area contributed by atoms with Crippen LogP contribution in [0, 0.1) is 19.8 Å². The highest BCUT2D eigenvalue weighted by Crippen LogP contribution is 2.45. The molecule has 11 nitrogen and oxygen atoms in total. The lowest BCUT2D eigenvalue weighted by molar-refractivity contribution is -0.166. The van der Waals surface area contributed by atoms with Crippen LogP contribution in [0.1, 0.15) is 74.2 Å². The van der Waals surface area contributed by atoms with E-state index in [9.17, 15) is 29.4 Å². The lowest BCUT2D eigenvalue weighted by Gasteiger charge is -2.45. The van der Waals surface area contributed by atoms with E-state index < -0.39 is 36.1 Å². The molecule has 1 fully saturated rings. The lowest BCUT2D eigenvalue weighted by atomic mass is 9.74. The fraction of sp³-hybridized carbons (Fsp3) is 0.405. The largest absolute Gasteiger partial charge is 0.478 e. The number of carboxylic acids is 2. The van der Waals surface area contributed by atoms with Gasteiger partial charge in [-0.05, 0) is 105 Å². The minimum Gasteiger partial charge on any atom is -0.478 e. The van der Waals surface area contributed by atoms with Crippen LogP contribution in [0.4, 0.5) is 0 Å². The van der Waals surface area contributed by atoms with Crippen molar-refractivity contribution in [1.29, 1.82) is 0 Å². The maximum absolute atomic E-state index is 13.3. The SMILES string of the molecule is Cc1ccc(C(=O)O[C@@H](C(=O)O)[C@@H](OC(=O)c2ccc(C)c(C(C)CN3CCC[C@@H]4Cc5c(ccc6c5OCO6)C[C@H]43)c2)C(=O)O)cc1. The minimum absolute atomic E-state index is 0.0205. The van der Waals surface area contributed by atoms with Crippen molar-refractivity contribution < 1.29 is 48.3 Å². The molecule has 1 aliphatic carbocycles. The van der Waals surface area contributed by atoms with Crippen LogP contribution in [0.25, 0.3) is 0 Å². The van der Waals surface area contributed by atoms with Gasteiger partial charge < -0.3 is 29.2 Å². The maximum atomic E-state index is 13.3. The second-order valence-electron chi connectivity index (χ2n) is 13.0. The van der Waals surface area contributed by atoms with Crippen molar-refractivity contribution in [3.63, 3.8) is 0 Å². The number of aliphatic carboxylic acids is 2. The number of likely N-dealkylation sites (tertiary alicyclic amines) is 1. The first kappa shape index (κ1) is 33.0. The molecule has 0 spiro atoms. The summed E-state index contributed by atoms with van der Waals surface area (Å²) in [6, 6.07) is 15.6. The second kappa shape index (κ2) is 13.7. The summed E-state index contributed by atoms with van der Waals surface area (Å²) in [4.78, 5) is 52.6. The normalized spacial score (nSPS) is 20.1. The maximum Gasteiger partial charge on any atom is 0.349 e. The zero-order valence-electron chi connectivity index (χ0n) is 27.1. The van der Waals surface area contributed by atoms with Gasteiger partial charge in [-0.1, -0.05) is 36.8 Å². The third-order valence-corrected chi connectivity index (χ3v) is 9.74. The van der Waals surface area contributed by atoms with Crippen LogP contribution < -0.4 is 9.47 Å². The summed E-state index contributed by atoms with van der Waals surface area (Å²) in [5.41, 5.74) is 5.37. The third-order valence-electron chi connectivity index (χ3n) is 9.74. The minimum atomic E-state index is -2.27. The molecule has 1 saturated heterocycles. The van der Waals surface area contributed by atoms with Crippen LogP contribution in [0.3, 0.4) is 0 Å². The summed E-state index contributed by atoms with van der Waals surface area (Å²) < 4.78 is 21.7. The molecule has 48 heavy (non-hydrogen) atoms. The summed E-state index contributed by atoms with van der Waals surface area (Å²) in [6.45, 7) is 7.83. The van der Waals surface area contributed by atoms with Crippen LogP contribution in [-0.2, 0) is 31.9 Å². The molecule has 0 saturated carbocycles. The average molecular weight is 658 g/mol. The van der Waals surface area contributed by atoms with Crippen molar-refractivity contribution in [3.8, 4) is 11.5 Å². The van der Waals surface area contributed by atoms with E-state index in [4.69, 9.17) is 18.9 Å². The smallest absolute Gasteiger partial charge is 0.349 e. The molecule has 2 heterocycles. The average Bonchev–Trinajstić information content (AvgIpc) is 3.55. The van der Waals surface area contributed by atoms with Gasteiger partial charge in [0.25, 0.3) is 0 Å². The van der Waals surface area contributed by atoms with Gasteiger partial charge in [0, 0.05) is 18.2 Å². The van der Waals surface area contributed by atoms with Crippen molar-refractivity contribution in [3.05, 3.63) is 93.5 Å². The molecule has 5 atom stereocenters. The second-order valence-corrected chi connectivity index (χ2v) is 13.0. The van der Waals surface area contributed by atoms with Gasteiger partial charge >= 0.3 is 23.9 Å². The number of carbonyl (C=O) groups excluding carboxylic acids is 2. The Hall–Kier alpha value is -4.90. The Morgan fingerprint density at radius 3 is 2.23 bits per heavy atom.